The Balaban J connectivity index is 0.00000341. The summed E-state index contributed by atoms with van der Waals surface area (Å²) in [6.45, 7) is 10.6. The van der Waals surface area contributed by atoms with Crippen LogP contribution in [-0.2, 0) is 4.74 Å². The van der Waals surface area contributed by atoms with Crippen LogP contribution in [0.15, 0.2) is 23.2 Å². The number of guanidine groups is 1. The van der Waals surface area contributed by atoms with E-state index in [0.717, 1.165) is 56.5 Å². The zero-order valence-corrected chi connectivity index (χ0v) is 22.3. The zero-order valence-electron chi connectivity index (χ0n) is 19.9. The smallest absolute Gasteiger partial charge is 0.193 e. The monoisotopic (exact) mass is 545 g/mol. The fourth-order valence-electron chi connectivity index (χ4n) is 4.85. The Labute approximate surface area is 205 Å². The molecule has 0 aliphatic carbocycles. The Kier molecular flexibility index (Phi) is 9.73. The molecule has 0 amide bonds. The summed E-state index contributed by atoms with van der Waals surface area (Å²) >= 11 is 0. The molecule has 0 spiro atoms. The van der Waals surface area contributed by atoms with Crippen LogP contribution in [0, 0.1) is 11.3 Å². The molecule has 2 aliphatic rings. The van der Waals surface area contributed by atoms with Crippen LogP contribution < -0.4 is 14.8 Å². The van der Waals surface area contributed by atoms with Crippen molar-refractivity contribution in [2.45, 2.75) is 52.1 Å². The van der Waals surface area contributed by atoms with Crippen LogP contribution in [0.1, 0.15) is 51.5 Å². The zero-order chi connectivity index (χ0) is 21.7. The first-order valence-corrected chi connectivity index (χ1v) is 11.2. The highest BCUT2D eigenvalue weighted by Crippen LogP contribution is 2.35. The number of ether oxygens (including phenoxy) is 3. The summed E-state index contributed by atoms with van der Waals surface area (Å²) in [4.78, 5) is 6.95. The predicted octanol–water partition coefficient (Wildman–Crippen LogP) is 4.53. The van der Waals surface area contributed by atoms with Crippen molar-refractivity contribution in [3.8, 4) is 11.5 Å². The van der Waals surface area contributed by atoms with Gasteiger partial charge in [-0.1, -0.05) is 20.8 Å². The van der Waals surface area contributed by atoms with Crippen molar-refractivity contribution in [1.29, 1.82) is 0 Å². The summed E-state index contributed by atoms with van der Waals surface area (Å²) in [5, 5.41) is 3.65. The first kappa shape index (κ1) is 26.0. The quantitative estimate of drug-likeness (QED) is 0.335. The lowest BCUT2D eigenvalue weighted by molar-refractivity contribution is -0.0836. The van der Waals surface area contributed by atoms with Crippen molar-refractivity contribution in [3.63, 3.8) is 0 Å². The Bertz CT molecular complexity index is 713. The average molecular weight is 546 g/mol. The number of nitrogens with one attached hydrogen (secondary N) is 1. The van der Waals surface area contributed by atoms with Gasteiger partial charge in [0.1, 0.15) is 11.5 Å². The minimum atomic E-state index is 0. The van der Waals surface area contributed by atoms with Crippen LogP contribution >= 0.6 is 24.0 Å². The molecule has 2 saturated heterocycles. The van der Waals surface area contributed by atoms with E-state index in [0.29, 0.717) is 11.8 Å². The van der Waals surface area contributed by atoms with Crippen molar-refractivity contribution in [3.05, 3.63) is 23.8 Å². The summed E-state index contributed by atoms with van der Waals surface area (Å²) in [5.41, 5.74) is 1.41. The molecular weight excluding hydrogens is 505 g/mol. The minimum Gasteiger partial charge on any atom is -0.497 e. The van der Waals surface area contributed by atoms with E-state index in [-0.39, 0.29) is 35.5 Å². The van der Waals surface area contributed by atoms with Crippen LogP contribution in [0.4, 0.5) is 0 Å². The molecule has 3 rings (SSSR count). The Morgan fingerprint density at radius 1 is 1.16 bits per heavy atom. The van der Waals surface area contributed by atoms with Gasteiger partial charge in [-0.15, -0.1) is 24.0 Å². The number of hydrogen-bond donors (Lipinski definition) is 1. The van der Waals surface area contributed by atoms with Crippen molar-refractivity contribution in [1.82, 2.24) is 10.2 Å². The molecule has 2 aliphatic heterocycles. The molecule has 6 nitrogen and oxygen atoms in total. The number of benzene rings is 1. The summed E-state index contributed by atoms with van der Waals surface area (Å²) < 4.78 is 17.1. The van der Waals surface area contributed by atoms with Crippen LogP contribution in [0.5, 0.6) is 11.5 Å². The normalized spacial score (nSPS) is 24.5. The van der Waals surface area contributed by atoms with Crippen LogP contribution in [0.25, 0.3) is 0 Å². The molecule has 1 aromatic rings. The second-order valence-electron chi connectivity index (χ2n) is 9.57. The highest BCUT2D eigenvalue weighted by molar-refractivity contribution is 14.0. The van der Waals surface area contributed by atoms with Gasteiger partial charge in [-0.25, -0.2) is 0 Å². The van der Waals surface area contributed by atoms with Gasteiger partial charge < -0.3 is 24.4 Å². The van der Waals surface area contributed by atoms with Crippen molar-refractivity contribution in [2.24, 2.45) is 16.3 Å². The van der Waals surface area contributed by atoms with Crippen LogP contribution in [0.2, 0.25) is 0 Å². The third-order valence-electron chi connectivity index (χ3n) is 6.37. The second-order valence-corrected chi connectivity index (χ2v) is 9.57. The van der Waals surface area contributed by atoms with Crippen LogP contribution in [-0.4, -0.2) is 64.5 Å². The number of likely N-dealkylation sites (tertiary alicyclic amines) is 1. The van der Waals surface area contributed by atoms with Gasteiger partial charge in [-0.2, -0.15) is 0 Å². The maximum atomic E-state index is 6.15. The number of rotatable bonds is 5. The molecule has 176 valence electrons. The van der Waals surface area contributed by atoms with E-state index < -0.39 is 0 Å². The topological polar surface area (TPSA) is 55.3 Å². The lowest BCUT2D eigenvalue weighted by Gasteiger charge is -2.40. The SMILES string of the molecule is CN=C(NCC1CCCOC1C(C)(C)C)N1CCC(c2cc(OC)cc(OC)c2)C1.I. The summed E-state index contributed by atoms with van der Waals surface area (Å²) in [5.74, 6) is 3.63. The lowest BCUT2D eigenvalue weighted by Crippen LogP contribution is -2.48. The van der Waals surface area contributed by atoms with E-state index in [1.807, 2.05) is 13.1 Å². The highest BCUT2D eigenvalue weighted by Gasteiger charge is 2.36. The van der Waals surface area contributed by atoms with E-state index in [2.05, 4.69) is 48.1 Å². The molecule has 0 bridgehead atoms. The van der Waals surface area contributed by atoms with Gasteiger partial charge in [0.2, 0.25) is 0 Å². The Hall–Kier alpha value is -1.22. The summed E-state index contributed by atoms with van der Waals surface area (Å²) in [6.07, 6.45) is 3.72. The van der Waals surface area contributed by atoms with Gasteiger partial charge >= 0.3 is 0 Å². The van der Waals surface area contributed by atoms with Gasteiger partial charge in [0.15, 0.2) is 5.96 Å². The van der Waals surface area contributed by atoms with Gasteiger partial charge in [-0.05, 0) is 42.4 Å². The minimum absolute atomic E-state index is 0. The third kappa shape index (κ3) is 6.63. The van der Waals surface area contributed by atoms with E-state index in [9.17, 15) is 0 Å². The van der Waals surface area contributed by atoms with E-state index >= 15 is 0 Å². The molecule has 0 aromatic heterocycles. The van der Waals surface area contributed by atoms with E-state index in [1.165, 1.54) is 12.0 Å². The molecule has 0 radical (unpaired) electrons. The average Bonchev–Trinajstić information content (AvgIpc) is 3.23. The molecule has 1 N–H and O–H groups in total. The summed E-state index contributed by atoms with van der Waals surface area (Å²) in [7, 11) is 5.28. The lowest BCUT2D eigenvalue weighted by atomic mass is 9.78. The summed E-state index contributed by atoms with van der Waals surface area (Å²) in [6, 6.07) is 6.18. The maximum absolute atomic E-state index is 6.15. The number of nitrogens with zero attached hydrogens (tertiary/aromatic N) is 2. The van der Waals surface area contributed by atoms with Gasteiger partial charge in [-0.3, -0.25) is 4.99 Å². The van der Waals surface area contributed by atoms with Gasteiger partial charge in [0.25, 0.3) is 0 Å². The first-order valence-electron chi connectivity index (χ1n) is 11.2. The number of halogens is 1. The molecule has 3 atom stereocenters. The highest BCUT2D eigenvalue weighted by atomic mass is 127. The van der Waals surface area contributed by atoms with Crippen molar-refractivity contribution in [2.75, 3.05) is 47.5 Å². The molecule has 31 heavy (non-hydrogen) atoms. The second kappa shape index (κ2) is 11.6. The van der Waals surface area contributed by atoms with Crippen molar-refractivity contribution >= 4 is 29.9 Å². The molecule has 0 saturated carbocycles. The Morgan fingerprint density at radius 3 is 2.42 bits per heavy atom. The molecule has 1 aromatic carbocycles. The largest absolute Gasteiger partial charge is 0.497 e. The number of hydrogen-bond acceptors (Lipinski definition) is 4. The van der Waals surface area contributed by atoms with E-state index in [1.54, 1.807) is 14.2 Å². The number of methoxy groups -OCH3 is 2. The molecule has 3 unspecified atom stereocenters. The number of aliphatic imine (C=N–C) groups is 1. The fraction of sp³-hybridized carbons (Fsp3) is 0.708. The predicted molar refractivity (Wildman–Crippen MR) is 137 cm³/mol. The van der Waals surface area contributed by atoms with Crippen LogP contribution in [0.3, 0.4) is 0 Å². The standard InChI is InChI=1S/C24H39N3O3.HI/c1-24(2,3)22-17(8-7-11-30-22)15-26-23(25-4)27-10-9-18(16-27)19-12-20(28-5)14-21(13-19)29-6;/h12-14,17-18,22H,7-11,15-16H2,1-6H3,(H,25,26);1H. The molecule has 2 fully saturated rings. The third-order valence-corrected chi connectivity index (χ3v) is 6.37. The first-order chi connectivity index (χ1) is 14.4. The fourth-order valence-corrected chi connectivity index (χ4v) is 4.85. The van der Waals surface area contributed by atoms with Gasteiger partial charge in [0.05, 0.1) is 20.3 Å². The van der Waals surface area contributed by atoms with Crippen molar-refractivity contribution < 1.29 is 14.2 Å². The van der Waals surface area contributed by atoms with Gasteiger partial charge in [0, 0.05) is 51.2 Å². The molecule has 2 heterocycles. The van der Waals surface area contributed by atoms with E-state index in [4.69, 9.17) is 14.2 Å². The maximum Gasteiger partial charge on any atom is 0.193 e. The molecular formula is C24H40IN3O3. The Morgan fingerprint density at radius 2 is 1.84 bits per heavy atom. The molecule has 7 heteroatoms.